The molecule has 2 aromatic carbocycles. The van der Waals surface area contributed by atoms with Gasteiger partial charge in [-0.2, -0.15) is 13.2 Å². The number of carbonyl (C=O) groups is 1. The second kappa shape index (κ2) is 8.18. The molecule has 0 aliphatic rings. The zero-order valence-corrected chi connectivity index (χ0v) is 17.0. The number of hydrogen-bond acceptors (Lipinski definition) is 3. The first-order valence-electron chi connectivity index (χ1n) is 7.69. The first-order valence-corrected chi connectivity index (χ1v) is 10.3. The average Bonchev–Trinajstić information content (AvgIpc) is 2.54. The van der Waals surface area contributed by atoms with Crippen molar-refractivity contribution in [1.82, 2.24) is 0 Å². The van der Waals surface area contributed by atoms with Gasteiger partial charge in [0, 0.05) is 10.7 Å². The van der Waals surface area contributed by atoms with E-state index in [4.69, 9.17) is 23.2 Å². The number of nitrogens with zero attached hydrogens (tertiary/aromatic N) is 1. The lowest BCUT2D eigenvalue weighted by molar-refractivity contribution is -0.137. The summed E-state index contributed by atoms with van der Waals surface area (Å²) in [5.41, 5.74) is -0.515. The summed E-state index contributed by atoms with van der Waals surface area (Å²) >= 11 is 11.8. The minimum absolute atomic E-state index is 0.242. The number of sulfonamides is 1. The fourth-order valence-electron chi connectivity index (χ4n) is 2.35. The van der Waals surface area contributed by atoms with Gasteiger partial charge in [0.25, 0.3) is 0 Å². The number of hydrogen-bond donors (Lipinski definition) is 1. The summed E-state index contributed by atoms with van der Waals surface area (Å²) in [6, 6.07) is 6.89. The van der Waals surface area contributed by atoms with Crippen LogP contribution in [0.2, 0.25) is 10.0 Å². The highest BCUT2D eigenvalue weighted by Gasteiger charge is 2.33. The van der Waals surface area contributed by atoms with E-state index in [2.05, 4.69) is 5.32 Å². The van der Waals surface area contributed by atoms with Crippen LogP contribution in [0.1, 0.15) is 11.1 Å². The van der Waals surface area contributed by atoms with Crippen molar-refractivity contribution in [2.75, 3.05) is 22.4 Å². The maximum absolute atomic E-state index is 13.0. The van der Waals surface area contributed by atoms with Crippen LogP contribution >= 0.6 is 23.2 Å². The lowest BCUT2D eigenvalue weighted by atomic mass is 10.2. The SMILES string of the molecule is Cc1cc(Cl)ccc1NC(=O)CN(c1cc(C(F)(F)F)ccc1Cl)S(C)(=O)=O. The number of aryl methyl sites for hydroxylation is 1. The largest absolute Gasteiger partial charge is 0.416 e. The Bertz CT molecular complexity index is 1010. The second-order valence-electron chi connectivity index (χ2n) is 5.94. The van der Waals surface area contributed by atoms with Gasteiger partial charge in [-0.15, -0.1) is 0 Å². The molecule has 0 atom stereocenters. The minimum Gasteiger partial charge on any atom is -0.324 e. The highest BCUT2D eigenvalue weighted by molar-refractivity contribution is 7.92. The predicted octanol–water partition coefficient (Wildman–Crippen LogP) is 4.73. The van der Waals surface area contributed by atoms with E-state index >= 15 is 0 Å². The molecule has 0 spiro atoms. The smallest absolute Gasteiger partial charge is 0.324 e. The number of amides is 1. The molecule has 1 N–H and O–H groups in total. The summed E-state index contributed by atoms with van der Waals surface area (Å²) < 4.78 is 63.7. The van der Waals surface area contributed by atoms with Gasteiger partial charge in [-0.25, -0.2) is 8.42 Å². The van der Waals surface area contributed by atoms with Gasteiger partial charge in [-0.3, -0.25) is 9.10 Å². The Kier molecular flexibility index (Phi) is 6.52. The second-order valence-corrected chi connectivity index (χ2v) is 8.69. The Hall–Kier alpha value is -1.97. The third-order valence-corrected chi connectivity index (χ3v) is 5.37. The zero-order chi connectivity index (χ0) is 21.3. The lowest BCUT2D eigenvalue weighted by Crippen LogP contribution is -2.37. The summed E-state index contributed by atoms with van der Waals surface area (Å²) in [5.74, 6) is -0.760. The molecule has 0 radical (unpaired) electrons. The molecule has 5 nitrogen and oxygen atoms in total. The van der Waals surface area contributed by atoms with Crippen LogP contribution in [0.4, 0.5) is 24.5 Å². The third kappa shape index (κ3) is 5.52. The van der Waals surface area contributed by atoms with Gasteiger partial charge in [0.15, 0.2) is 0 Å². The van der Waals surface area contributed by atoms with Crippen molar-refractivity contribution in [2.45, 2.75) is 13.1 Å². The number of rotatable bonds is 5. The summed E-state index contributed by atoms with van der Waals surface area (Å²) in [7, 11) is -4.11. The van der Waals surface area contributed by atoms with Gasteiger partial charge < -0.3 is 5.32 Å². The average molecular weight is 455 g/mol. The van der Waals surface area contributed by atoms with Crippen molar-refractivity contribution in [2.24, 2.45) is 0 Å². The Morgan fingerprint density at radius 2 is 1.79 bits per heavy atom. The minimum atomic E-state index is -4.70. The van der Waals surface area contributed by atoms with E-state index in [9.17, 15) is 26.4 Å². The molecule has 0 aromatic heterocycles. The number of carbonyl (C=O) groups excluding carboxylic acids is 1. The molecule has 0 saturated carbocycles. The fraction of sp³-hybridized carbons (Fsp3) is 0.235. The van der Waals surface area contributed by atoms with Crippen molar-refractivity contribution in [1.29, 1.82) is 0 Å². The maximum atomic E-state index is 13.0. The standard InChI is InChI=1S/C17H15Cl2F3N2O3S/c1-10-7-12(18)4-6-14(10)23-16(25)9-24(28(2,26)27)15-8-11(17(20,21)22)3-5-13(15)19/h3-8H,9H2,1-2H3,(H,23,25). The number of benzene rings is 2. The molecule has 0 bridgehead atoms. The van der Waals surface area contributed by atoms with Crippen LogP contribution in [0.15, 0.2) is 36.4 Å². The molecule has 0 fully saturated rings. The molecular formula is C17H15Cl2F3N2O3S. The van der Waals surface area contributed by atoms with Crippen molar-refractivity contribution >= 4 is 50.5 Å². The molecule has 0 saturated heterocycles. The maximum Gasteiger partial charge on any atom is 0.416 e. The first kappa shape index (κ1) is 22.3. The van der Waals surface area contributed by atoms with E-state index in [1.807, 2.05) is 0 Å². The number of alkyl halides is 3. The van der Waals surface area contributed by atoms with Crippen molar-refractivity contribution in [3.8, 4) is 0 Å². The number of anilines is 2. The quantitative estimate of drug-likeness (QED) is 0.710. The molecule has 152 valence electrons. The Balaban J connectivity index is 2.37. The third-order valence-electron chi connectivity index (χ3n) is 3.69. The Labute approximate surface area is 170 Å². The van der Waals surface area contributed by atoms with Gasteiger partial charge in [-0.1, -0.05) is 23.2 Å². The van der Waals surface area contributed by atoms with Crippen LogP contribution in [0.25, 0.3) is 0 Å². The monoisotopic (exact) mass is 454 g/mol. The summed E-state index contributed by atoms with van der Waals surface area (Å²) in [4.78, 5) is 12.4. The molecule has 0 heterocycles. The van der Waals surface area contributed by atoms with Crippen LogP contribution in [0.3, 0.4) is 0 Å². The molecule has 0 aliphatic heterocycles. The van der Waals surface area contributed by atoms with Crippen molar-refractivity contribution < 1.29 is 26.4 Å². The molecule has 1 amide bonds. The van der Waals surface area contributed by atoms with E-state index in [0.717, 1.165) is 18.4 Å². The van der Waals surface area contributed by atoms with Crippen molar-refractivity contribution in [3.05, 3.63) is 57.6 Å². The van der Waals surface area contributed by atoms with Gasteiger partial charge >= 0.3 is 6.18 Å². The highest BCUT2D eigenvalue weighted by atomic mass is 35.5. The number of nitrogens with one attached hydrogen (secondary N) is 1. The van der Waals surface area contributed by atoms with Crippen LogP contribution < -0.4 is 9.62 Å². The normalized spacial score (nSPS) is 12.0. The molecule has 0 aliphatic carbocycles. The van der Waals surface area contributed by atoms with Gasteiger partial charge in [-0.05, 0) is 48.9 Å². The predicted molar refractivity (Wildman–Crippen MR) is 103 cm³/mol. The van der Waals surface area contributed by atoms with E-state index < -0.39 is 39.9 Å². The summed E-state index contributed by atoms with van der Waals surface area (Å²) in [5, 5.41) is 2.71. The Morgan fingerprint density at radius 3 is 2.32 bits per heavy atom. The van der Waals surface area contributed by atoms with E-state index in [1.54, 1.807) is 13.0 Å². The first-order chi connectivity index (χ1) is 12.8. The van der Waals surface area contributed by atoms with Crippen LogP contribution in [0.5, 0.6) is 0 Å². The van der Waals surface area contributed by atoms with Crippen LogP contribution in [-0.4, -0.2) is 27.1 Å². The summed E-state index contributed by atoms with van der Waals surface area (Å²) in [6.45, 7) is 0.918. The lowest BCUT2D eigenvalue weighted by Gasteiger charge is -2.24. The molecule has 11 heteroatoms. The molecular weight excluding hydrogens is 440 g/mol. The topological polar surface area (TPSA) is 66.5 Å². The molecule has 0 unspecified atom stereocenters. The molecule has 2 aromatic rings. The zero-order valence-electron chi connectivity index (χ0n) is 14.6. The van der Waals surface area contributed by atoms with E-state index in [-0.39, 0.29) is 5.02 Å². The fourth-order valence-corrected chi connectivity index (χ4v) is 3.71. The van der Waals surface area contributed by atoms with Crippen LogP contribution in [0, 0.1) is 6.92 Å². The Morgan fingerprint density at radius 1 is 1.14 bits per heavy atom. The van der Waals surface area contributed by atoms with E-state index in [0.29, 0.717) is 26.6 Å². The highest BCUT2D eigenvalue weighted by Crippen LogP contribution is 2.36. The van der Waals surface area contributed by atoms with Gasteiger partial charge in [0.2, 0.25) is 15.9 Å². The molecule has 2 rings (SSSR count). The van der Waals surface area contributed by atoms with Gasteiger partial charge in [0.05, 0.1) is 22.5 Å². The summed E-state index contributed by atoms with van der Waals surface area (Å²) in [6.07, 6.45) is -3.93. The van der Waals surface area contributed by atoms with Crippen LogP contribution in [-0.2, 0) is 21.0 Å². The van der Waals surface area contributed by atoms with Gasteiger partial charge in [0.1, 0.15) is 6.54 Å². The van der Waals surface area contributed by atoms with Crippen molar-refractivity contribution in [3.63, 3.8) is 0 Å². The van der Waals surface area contributed by atoms with E-state index in [1.165, 1.54) is 12.1 Å². The number of halogens is 5. The molecule has 28 heavy (non-hydrogen) atoms.